The maximum Gasteiger partial charge on any atom is 0.0627 e. The van der Waals surface area contributed by atoms with Crippen LogP contribution >= 0.6 is 11.3 Å². The van der Waals surface area contributed by atoms with Gasteiger partial charge in [0.1, 0.15) is 0 Å². The predicted octanol–water partition coefficient (Wildman–Crippen LogP) is 5.96. The van der Waals surface area contributed by atoms with Gasteiger partial charge in [0.05, 0.1) is 17.1 Å². The van der Waals surface area contributed by atoms with Crippen LogP contribution in [0.5, 0.6) is 0 Å². The lowest BCUT2D eigenvalue weighted by molar-refractivity contribution is 0.945. The Bertz CT molecular complexity index is 1140. The summed E-state index contributed by atoms with van der Waals surface area (Å²) in [7, 11) is 0. The average molecular weight is 340 g/mol. The maximum absolute atomic E-state index is 4.66. The first-order valence-corrected chi connectivity index (χ1v) is 9.23. The number of hydrogen-bond acceptors (Lipinski definition) is 2. The first kappa shape index (κ1) is 14.4. The molecule has 3 heteroatoms. The Morgan fingerprint density at radius 2 is 1.68 bits per heavy atom. The molecule has 5 aromatic rings. The van der Waals surface area contributed by atoms with Crippen LogP contribution in [0.25, 0.3) is 21.8 Å². The minimum absolute atomic E-state index is 0.137. The zero-order chi connectivity index (χ0) is 16.6. The Labute approximate surface area is 149 Å². The van der Waals surface area contributed by atoms with Gasteiger partial charge in [-0.2, -0.15) is 0 Å². The molecule has 1 unspecified atom stereocenters. The second kappa shape index (κ2) is 5.87. The fourth-order valence-electron chi connectivity index (χ4n) is 3.60. The van der Waals surface area contributed by atoms with Gasteiger partial charge in [0, 0.05) is 27.4 Å². The number of fused-ring (bicyclic) bond motifs is 3. The van der Waals surface area contributed by atoms with Gasteiger partial charge in [-0.05, 0) is 35.2 Å². The van der Waals surface area contributed by atoms with E-state index in [1.54, 1.807) is 11.3 Å². The summed E-state index contributed by atoms with van der Waals surface area (Å²) < 4.78 is 0. The Hall–Kier alpha value is -2.91. The van der Waals surface area contributed by atoms with Crippen molar-refractivity contribution in [2.75, 3.05) is 0 Å². The minimum Gasteiger partial charge on any atom is -0.354 e. The van der Waals surface area contributed by atoms with Crippen molar-refractivity contribution < 1.29 is 0 Å². The van der Waals surface area contributed by atoms with Crippen molar-refractivity contribution in [2.45, 2.75) is 5.92 Å². The molecular weight excluding hydrogens is 324 g/mol. The number of benzene rings is 2. The molecule has 0 saturated carbocycles. The van der Waals surface area contributed by atoms with E-state index in [9.17, 15) is 0 Å². The van der Waals surface area contributed by atoms with E-state index in [0.717, 1.165) is 5.69 Å². The molecule has 120 valence electrons. The van der Waals surface area contributed by atoms with Crippen LogP contribution in [0, 0.1) is 0 Å². The van der Waals surface area contributed by atoms with Crippen molar-refractivity contribution >= 4 is 33.1 Å². The Kier molecular flexibility index (Phi) is 3.39. The number of pyridine rings is 1. The summed E-state index contributed by atoms with van der Waals surface area (Å²) in [5, 5.41) is 4.67. The molecule has 0 saturated heterocycles. The largest absolute Gasteiger partial charge is 0.354 e. The molecule has 25 heavy (non-hydrogen) atoms. The number of hydrogen-bond donors (Lipinski definition) is 1. The summed E-state index contributed by atoms with van der Waals surface area (Å²) in [4.78, 5) is 9.61. The van der Waals surface area contributed by atoms with Crippen LogP contribution in [0.1, 0.15) is 22.1 Å². The zero-order valence-corrected chi connectivity index (χ0v) is 14.3. The quantitative estimate of drug-likeness (QED) is 0.431. The van der Waals surface area contributed by atoms with E-state index in [2.05, 4.69) is 82.1 Å². The van der Waals surface area contributed by atoms with Crippen LogP contribution in [-0.4, -0.2) is 9.97 Å². The fourth-order valence-corrected chi connectivity index (χ4v) is 4.45. The van der Waals surface area contributed by atoms with Crippen molar-refractivity contribution in [1.82, 2.24) is 9.97 Å². The van der Waals surface area contributed by atoms with Gasteiger partial charge in [-0.25, -0.2) is 0 Å². The van der Waals surface area contributed by atoms with Gasteiger partial charge in [-0.15, -0.1) is 11.3 Å². The molecule has 0 spiro atoms. The molecule has 0 radical (unpaired) electrons. The second-order valence-electron chi connectivity index (χ2n) is 6.14. The van der Waals surface area contributed by atoms with Gasteiger partial charge in [-0.1, -0.05) is 48.5 Å². The summed E-state index contributed by atoms with van der Waals surface area (Å²) >= 11 is 1.78. The number of rotatable bonds is 3. The number of thiophene rings is 1. The number of aromatic nitrogens is 2. The van der Waals surface area contributed by atoms with E-state index >= 15 is 0 Å². The molecular formula is C22H16N2S. The van der Waals surface area contributed by atoms with Gasteiger partial charge in [0.2, 0.25) is 0 Å². The molecule has 0 amide bonds. The van der Waals surface area contributed by atoms with Crippen LogP contribution < -0.4 is 0 Å². The van der Waals surface area contributed by atoms with Gasteiger partial charge < -0.3 is 4.98 Å². The van der Waals surface area contributed by atoms with E-state index in [1.807, 2.05) is 12.3 Å². The van der Waals surface area contributed by atoms with Gasteiger partial charge >= 0.3 is 0 Å². The molecule has 0 bridgehead atoms. The third-order valence-electron chi connectivity index (χ3n) is 4.70. The Morgan fingerprint density at radius 3 is 2.52 bits per heavy atom. The zero-order valence-electron chi connectivity index (χ0n) is 13.5. The van der Waals surface area contributed by atoms with Crippen molar-refractivity contribution in [3.8, 4) is 0 Å². The number of nitrogens with one attached hydrogen (secondary N) is 1. The van der Waals surface area contributed by atoms with E-state index in [-0.39, 0.29) is 5.92 Å². The van der Waals surface area contributed by atoms with Crippen molar-refractivity contribution in [3.63, 3.8) is 0 Å². The average Bonchev–Trinajstić information content (AvgIpc) is 3.31. The molecule has 0 aliphatic heterocycles. The van der Waals surface area contributed by atoms with Crippen LogP contribution in [0.4, 0.5) is 0 Å². The second-order valence-corrected chi connectivity index (χ2v) is 7.12. The molecule has 3 aromatic heterocycles. The molecule has 0 fully saturated rings. The van der Waals surface area contributed by atoms with E-state index in [1.165, 1.54) is 32.2 Å². The molecule has 1 atom stereocenters. The van der Waals surface area contributed by atoms with Crippen LogP contribution in [0.15, 0.2) is 84.4 Å². The number of aromatic amines is 1. The number of nitrogens with zero attached hydrogens (tertiary/aromatic N) is 1. The van der Waals surface area contributed by atoms with Gasteiger partial charge in [0.25, 0.3) is 0 Å². The smallest absolute Gasteiger partial charge is 0.0627 e. The highest BCUT2D eigenvalue weighted by Gasteiger charge is 2.22. The highest BCUT2D eigenvalue weighted by atomic mass is 32.1. The highest BCUT2D eigenvalue weighted by molar-refractivity contribution is 7.10. The van der Waals surface area contributed by atoms with Crippen LogP contribution in [-0.2, 0) is 0 Å². The van der Waals surface area contributed by atoms with Crippen molar-refractivity contribution in [3.05, 3.63) is 101 Å². The highest BCUT2D eigenvalue weighted by Crippen LogP contribution is 2.38. The monoisotopic (exact) mass is 340 g/mol. The molecule has 0 aliphatic rings. The number of H-pyrrole nitrogens is 1. The molecule has 5 rings (SSSR count). The first-order chi connectivity index (χ1) is 12.4. The van der Waals surface area contributed by atoms with Gasteiger partial charge in [0.15, 0.2) is 0 Å². The van der Waals surface area contributed by atoms with E-state index < -0.39 is 0 Å². The summed E-state index contributed by atoms with van der Waals surface area (Å²) in [6.07, 6.45) is 1.88. The number of para-hydroxylation sites is 2. The standard InChI is InChI=1S/C22H16N2S/c1-2-10-18-15(7-1)16-8-5-9-17(22(16)24-18)21(20-12-6-14-25-20)19-11-3-4-13-23-19/h1-14,21,24H. The predicted molar refractivity (Wildman–Crippen MR) is 105 cm³/mol. The van der Waals surface area contributed by atoms with Crippen molar-refractivity contribution in [1.29, 1.82) is 0 Å². The molecule has 2 nitrogen and oxygen atoms in total. The third-order valence-corrected chi connectivity index (χ3v) is 5.63. The normalized spacial score (nSPS) is 12.6. The summed E-state index contributed by atoms with van der Waals surface area (Å²) in [6, 6.07) is 25.5. The Balaban J connectivity index is 1.82. The molecule has 2 aromatic carbocycles. The SMILES string of the molecule is c1ccc(C(c2cccs2)c2cccc3c2[nH]c2ccccc23)nc1. The summed E-state index contributed by atoms with van der Waals surface area (Å²) in [5.41, 5.74) is 4.73. The van der Waals surface area contributed by atoms with Gasteiger partial charge in [-0.3, -0.25) is 4.98 Å². The molecule has 0 aliphatic carbocycles. The maximum atomic E-state index is 4.66. The fraction of sp³-hybridized carbons (Fsp3) is 0.0455. The third kappa shape index (κ3) is 2.36. The lowest BCUT2D eigenvalue weighted by atomic mass is 9.91. The first-order valence-electron chi connectivity index (χ1n) is 8.35. The lowest BCUT2D eigenvalue weighted by Gasteiger charge is -2.16. The van der Waals surface area contributed by atoms with Crippen molar-refractivity contribution in [2.24, 2.45) is 0 Å². The lowest BCUT2D eigenvalue weighted by Crippen LogP contribution is -2.04. The molecule has 1 N–H and O–H groups in total. The Morgan fingerprint density at radius 1 is 0.800 bits per heavy atom. The van der Waals surface area contributed by atoms with Crippen LogP contribution in [0.2, 0.25) is 0 Å². The summed E-state index contributed by atoms with van der Waals surface area (Å²) in [5.74, 6) is 0.137. The van der Waals surface area contributed by atoms with Crippen LogP contribution in [0.3, 0.4) is 0 Å². The van der Waals surface area contributed by atoms with E-state index in [0.29, 0.717) is 0 Å². The minimum atomic E-state index is 0.137. The topological polar surface area (TPSA) is 28.7 Å². The summed E-state index contributed by atoms with van der Waals surface area (Å²) in [6.45, 7) is 0. The molecule has 3 heterocycles. The van der Waals surface area contributed by atoms with E-state index in [4.69, 9.17) is 0 Å².